The SMILES string of the molecule is COC(=O)c1cc(/C=C/COC(=O)NCCN(CCNC(=O)c2ccc(N(C)C(=O)C34CC3C4)cc2)C(=O)c2ccccc2)ccc1[N+](=O)[O-]. The van der Waals surface area contributed by atoms with Gasteiger partial charge in [0.1, 0.15) is 12.2 Å². The molecule has 0 aliphatic heterocycles. The number of carbonyl (C=O) groups excluding carboxylic acids is 5. The Kier molecular flexibility index (Phi) is 10.9. The molecule has 2 aliphatic carbocycles. The molecule has 2 fully saturated rings. The Labute approximate surface area is 288 Å². The highest BCUT2D eigenvalue weighted by atomic mass is 16.6. The number of hydrogen-bond donors (Lipinski definition) is 2. The summed E-state index contributed by atoms with van der Waals surface area (Å²) in [6.45, 7) is 0.377. The van der Waals surface area contributed by atoms with Crippen molar-refractivity contribution in [1.29, 1.82) is 0 Å². The molecule has 260 valence electrons. The summed E-state index contributed by atoms with van der Waals surface area (Å²) < 4.78 is 9.76. The third kappa shape index (κ3) is 8.32. The molecule has 14 nitrogen and oxygen atoms in total. The van der Waals surface area contributed by atoms with Crippen LogP contribution in [0.4, 0.5) is 16.2 Å². The van der Waals surface area contributed by atoms with E-state index in [1.54, 1.807) is 66.5 Å². The number of ether oxygens (including phenoxy) is 2. The fourth-order valence-electron chi connectivity index (χ4n) is 5.57. The van der Waals surface area contributed by atoms with Crippen LogP contribution in [0.15, 0.2) is 78.9 Å². The van der Waals surface area contributed by atoms with Gasteiger partial charge in [-0.3, -0.25) is 24.5 Å². The van der Waals surface area contributed by atoms with Gasteiger partial charge in [-0.1, -0.05) is 24.3 Å². The number of fused-ring (bicyclic) bond motifs is 1. The topological polar surface area (TPSA) is 177 Å². The third-order valence-electron chi connectivity index (χ3n) is 8.80. The van der Waals surface area contributed by atoms with Gasteiger partial charge in [0.05, 0.1) is 17.4 Å². The van der Waals surface area contributed by atoms with Crippen LogP contribution in [0.3, 0.4) is 0 Å². The molecule has 0 atom stereocenters. The number of methoxy groups -OCH3 is 1. The molecule has 3 aromatic rings. The van der Waals surface area contributed by atoms with Crippen LogP contribution in [0, 0.1) is 21.4 Å². The van der Waals surface area contributed by atoms with Crippen LogP contribution >= 0.6 is 0 Å². The highest BCUT2D eigenvalue weighted by Gasteiger charge is 2.75. The van der Waals surface area contributed by atoms with Gasteiger partial charge < -0.3 is 29.9 Å². The summed E-state index contributed by atoms with van der Waals surface area (Å²) in [6.07, 6.45) is 4.22. The number of rotatable bonds is 15. The van der Waals surface area contributed by atoms with Crippen LogP contribution in [-0.4, -0.2) is 86.6 Å². The lowest BCUT2D eigenvalue weighted by molar-refractivity contribution is -0.385. The van der Waals surface area contributed by atoms with Crippen molar-refractivity contribution in [1.82, 2.24) is 15.5 Å². The molecular formula is C36H37N5O9. The second-order valence-corrected chi connectivity index (χ2v) is 12.0. The molecule has 0 spiro atoms. The molecule has 2 aliphatic rings. The largest absolute Gasteiger partial charge is 0.465 e. The molecule has 4 amide bonds. The van der Waals surface area contributed by atoms with E-state index in [0.29, 0.717) is 22.6 Å². The number of anilines is 1. The van der Waals surface area contributed by atoms with Crippen molar-refractivity contribution < 1.29 is 38.4 Å². The Morgan fingerprint density at radius 3 is 2.22 bits per heavy atom. The maximum absolute atomic E-state index is 13.3. The van der Waals surface area contributed by atoms with Gasteiger partial charge in [0.15, 0.2) is 0 Å². The Balaban J connectivity index is 1.09. The van der Waals surface area contributed by atoms with E-state index < -0.39 is 17.0 Å². The Hall–Kier alpha value is -6.05. The highest BCUT2D eigenvalue weighted by molar-refractivity contribution is 6.02. The van der Waals surface area contributed by atoms with Gasteiger partial charge in [0.2, 0.25) is 5.91 Å². The van der Waals surface area contributed by atoms with E-state index >= 15 is 0 Å². The van der Waals surface area contributed by atoms with Crippen LogP contribution < -0.4 is 15.5 Å². The van der Waals surface area contributed by atoms with E-state index in [1.165, 1.54) is 35.3 Å². The van der Waals surface area contributed by atoms with E-state index in [2.05, 4.69) is 15.4 Å². The van der Waals surface area contributed by atoms with E-state index in [0.717, 1.165) is 25.6 Å². The van der Waals surface area contributed by atoms with E-state index in [1.807, 2.05) is 0 Å². The zero-order valence-electron chi connectivity index (χ0n) is 27.6. The maximum atomic E-state index is 13.3. The first-order valence-corrected chi connectivity index (χ1v) is 16.0. The second-order valence-electron chi connectivity index (χ2n) is 12.0. The average molecular weight is 684 g/mol. The predicted octanol–water partition coefficient (Wildman–Crippen LogP) is 4.07. The molecule has 0 heterocycles. The molecule has 0 unspecified atom stereocenters. The molecule has 0 bridgehead atoms. The summed E-state index contributed by atoms with van der Waals surface area (Å²) in [5.41, 5.74) is 1.31. The van der Waals surface area contributed by atoms with Gasteiger partial charge in [-0.2, -0.15) is 0 Å². The first kappa shape index (κ1) is 35.3. The fourth-order valence-corrected chi connectivity index (χ4v) is 5.57. The lowest BCUT2D eigenvalue weighted by Crippen LogP contribution is -2.42. The number of nitro benzene ring substituents is 1. The van der Waals surface area contributed by atoms with Crippen molar-refractivity contribution >= 4 is 47.2 Å². The molecule has 50 heavy (non-hydrogen) atoms. The summed E-state index contributed by atoms with van der Waals surface area (Å²) in [5, 5.41) is 16.6. The maximum Gasteiger partial charge on any atom is 0.407 e. The molecule has 5 rings (SSSR count). The predicted molar refractivity (Wildman–Crippen MR) is 183 cm³/mol. The van der Waals surface area contributed by atoms with Gasteiger partial charge in [-0.25, -0.2) is 9.59 Å². The number of carbonyl (C=O) groups is 5. The lowest BCUT2D eigenvalue weighted by Gasteiger charge is -2.23. The molecule has 2 N–H and O–H groups in total. The fraction of sp³-hybridized carbons (Fsp3) is 0.306. The zero-order valence-corrected chi connectivity index (χ0v) is 27.6. The number of nitro groups is 1. The number of nitrogens with one attached hydrogen (secondary N) is 2. The Bertz CT molecular complexity index is 1800. The van der Waals surface area contributed by atoms with Gasteiger partial charge in [-0.15, -0.1) is 0 Å². The van der Waals surface area contributed by atoms with Crippen LogP contribution in [0.25, 0.3) is 6.08 Å². The van der Waals surface area contributed by atoms with Crippen molar-refractivity contribution in [2.45, 2.75) is 12.8 Å². The zero-order chi connectivity index (χ0) is 35.8. The van der Waals surface area contributed by atoms with Crippen molar-refractivity contribution in [3.05, 3.63) is 111 Å². The molecule has 0 saturated heterocycles. The standard InChI is InChI=1S/C36H37N5O9/c1-39(34(45)36-22-27(36)23-36)28-13-11-25(12-14-28)31(42)37-16-18-40(32(43)26-8-4-3-5-9-26)19-17-38-35(46)50-20-6-7-24-10-15-30(41(47)48)29(21-24)33(44)49-2/h3-15,21,27H,16-20,22-23H2,1-2H3,(H,37,42)(H,38,46)/b7-6+. The normalized spacial score (nSPS) is 16.8. The van der Waals surface area contributed by atoms with Crippen LogP contribution in [0.2, 0.25) is 0 Å². The van der Waals surface area contributed by atoms with Crippen molar-refractivity contribution in [3.8, 4) is 0 Å². The van der Waals surface area contributed by atoms with Gasteiger partial charge in [-0.05, 0) is 78.9 Å². The summed E-state index contributed by atoms with van der Waals surface area (Å²) >= 11 is 0. The number of amides is 4. The molecule has 0 aromatic heterocycles. The molecular weight excluding hydrogens is 646 g/mol. The number of benzene rings is 3. The summed E-state index contributed by atoms with van der Waals surface area (Å²) in [5.74, 6) is -0.795. The number of esters is 1. The van der Waals surface area contributed by atoms with Crippen molar-refractivity contribution in [3.63, 3.8) is 0 Å². The van der Waals surface area contributed by atoms with Crippen LogP contribution in [0.5, 0.6) is 0 Å². The quantitative estimate of drug-likeness (QED) is 0.136. The molecule has 3 aromatic carbocycles. The van der Waals surface area contributed by atoms with E-state index in [-0.39, 0.29) is 67.2 Å². The van der Waals surface area contributed by atoms with Crippen LogP contribution in [-0.2, 0) is 14.3 Å². The smallest absolute Gasteiger partial charge is 0.407 e. The minimum atomic E-state index is -0.850. The van der Waals surface area contributed by atoms with Crippen molar-refractivity contribution in [2.75, 3.05) is 51.8 Å². The van der Waals surface area contributed by atoms with Crippen LogP contribution in [0.1, 0.15) is 49.5 Å². The van der Waals surface area contributed by atoms with Gasteiger partial charge in [0, 0.05) is 56.1 Å². The minimum absolute atomic E-state index is 0.0651. The average Bonchev–Trinajstić information content (AvgIpc) is 4.04. The number of alkyl carbamates (subject to hydrolysis) is 1. The summed E-state index contributed by atoms with van der Waals surface area (Å²) in [6, 6.07) is 19.4. The second kappa shape index (κ2) is 15.4. The minimum Gasteiger partial charge on any atom is -0.465 e. The van der Waals surface area contributed by atoms with E-state index in [4.69, 9.17) is 4.74 Å². The summed E-state index contributed by atoms with van der Waals surface area (Å²) in [7, 11) is 2.87. The number of nitrogens with zero attached hydrogens (tertiary/aromatic N) is 3. The first-order chi connectivity index (χ1) is 24.0. The van der Waals surface area contributed by atoms with Gasteiger partial charge >= 0.3 is 12.1 Å². The monoisotopic (exact) mass is 683 g/mol. The molecule has 0 radical (unpaired) electrons. The van der Waals surface area contributed by atoms with E-state index in [9.17, 15) is 34.1 Å². The Morgan fingerprint density at radius 2 is 1.60 bits per heavy atom. The third-order valence-corrected chi connectivity index (χ3v) is 8.80. The summed E-state index contributed by atoms with van der Waals surface area (Å²) in [4.78, 5) is 76.7. The highest BCUT2D eigenvalue weighted by Crippen LogP contribution is 2.76. The van der Waals surface area contributed by atoms with Gasteiger partial charge in [0.25, 0.3) is 17.5 Å². The first-order valence-electron chi connectivity index (χ1n) is 16.0. The molecule has 14 heteroatoms. The Morgan fingerprint density at radius 1 is 0.940 bits per heavy atom. The van der Waals surface area contributed by atoms with Crippen molar-refractivity contribution in [2.24, 2.45) is 11.3 Å². The number of hydrogen-bond acceptors (Lipinski definition) is 9. The molecule has 2 saturated carbocycles. The lowest BCUT2D eigenvalue weighted by atomic mass is 10.1.